The molecule has 0 saturated heterocycles. The van der Waals surface area contributed by atoms with Crippen molar-refractivity contribution in [1.82, 2.24) is 4.98 Å². The van der Waals surface area contributed by atoms with Crippen molar-refractivity contribution in [3.05, 3.63) is 53.0 Å². The Hall–Kier alpha value is -2.38. The molecular formula is C16H16ClN3O3S. The number of benzene rings is 1. The first-order valence-corrected chi connectivity index (χ1v) is 8.33. The van der Waals surface area contributed by atoms with Gasteiger partial charge in [-0.15, -0.1) is 17.9 Å². The predicted molar refractivity (Wildman–Crippen MR) is 95.8 cm³/mol. The van der Waals surface area contributed by atoms with Gasteiger partial charge in [0.1, 0.15) is 0 Å². The van der Waals surface area contributed by atoms with Crippen LogP contribution < -0.4 is 10.6 Å². The third kappa shape index (κ3) is 5.07. The van der Waals surface area contributed by atoms with Crippen LogP contribution in [0.2, 0.25) is 5.02 Å². The summed E-state index contributed by atoms with van der Waals surface area (Å²) < 4.78 is 5.13. The Bertz CT molecular complexity index is 748. The highest BCUT2D eigenvalue weighted by Gasteiger charge is 2.21. The second-order valence-corrected chi connectivity index (χ2v) is 6.05. The van der Waals surface area contributed by atoms with Gasteiger partial charge in [-0.25, -0.2) is 9.78 Å². The minimum atomic E-state index is -0.970. The maximum atomic E-state index is 12.1. The summed E-state index contributed by atoms with van der Waals surface area (Å²) in [6.07, 6.45) is 0.713. The van der Waals surface area contributed by atoms with Crippen LogP contribution in [0.4, 0.5) is 10.8 Å². The molecule has 2 rings (SSSR count). The first-order valence-electron chi connectivity index (χ1n) is 7.07. The SMILES string of the molecule is C=CCNc1nc(C(=O)OC(C)C(=O)Nc2cccc(Cl)c2)cs1. The van der Waals surface area contributed by atoms with Crippen molar-refractivity contribution in [3.8, 4) is 0 Å². The summed E-state index contributed by atoms with van der Waals surface area (Å²) in [6.45, 7) is 5.62. The molecule has 2 aromatic rings. The maximum Gasteiger partial charge on any atom is 0.358 e. The van der Waals surface area contributed by atoms with Gasteiger partial charge in [-0.1, -0.05) is 23.7 Å². The van der Waals surface area contributed by atoms with E-state index in [1.165, 1.54) is 18.3 Å². The number of aromatic nitrogens is 1. The van der Waals surface area contributed by atoms with Crippen molar-refractivity contribution in [2.24, 2.45) is 0 Å². The van der Waals surface area contributed by atoms with Crippen molar-refractivity contribution in [3.63, 3.8) is 0 Å². The molecule has 0 aliphatic heterocycles. The summed E-state index contributed by atoms with van der Waals surface area (Å²) >= 11 is 7.13. The summed E-state index contributed by atoms with van der Waals surface area (Å²) in [7, 11) is 0. The van der Waals surface area contributed by atoms with Gasteiger partial charge in [-0.2, -0.15) is 0 Å². The van der Waals surface area contributed by atoms with Gasteiger partial charge < -0.3 is 15.4 Å². The van der Waals surface area contributed by atoms with Crippen molar-refractivity contribution >= 4 is 45.6 Å². The molecule has 2 N–H and O–H groups in total. The van der Waals surface area contributed by atoms with E-state index in [9.17, 15) is 9.59 Å². The minimum Gasteiger partial charge on any atom is -0.448 e. The second-order valence-electron chi connectivity index (χ2n) is 4.75. The molecular weight excluding hydrogens is 350 g/mol. The standard InChI is InChI=1S/C16H16ClN3O3S/c1-3-7-18-16-20-13(9-24-16)15(22)23-10(2)14(21)19-12-6-4-5-11(17)8-12/h3-6,8-10H,1,7H2,2H3,(H,18,20)(H,19,21). The fraction of sp³-hybridized carbons (Fsp3) is 0.188. The summed E-state index contributed by atoms with van der Waals surface area (Å²) in [5, 5.41) is 8.25. The molecule has 1 amide bonds. The van der Waals surface area contributed by atoms with E-state index in [0.717, 1.165) is 0 Å². The Balaban J connectivity index is 1.91. The number of ether oxygens (including phenoxy) is 1. The number of anilines is 2. The van der Waals surface area contributed by atoms with Crippen LogP contribution >= 0.6 is 22.9 Å². The number of carbonyl (C=O) groups excluding carboxylic acids is 2. The van der Waals surface area contributed by atoms with Crippen LogP contribution in [0.1, 0.15) is 17.4 Å². The second kappa shape index (κ2) is 8.47. The van der Waals surface area contributed by atoms with E-state index >= 15 is 0 Å². The van der Waals surface area contributed by atoms with Crippen molar-refractivity contribution in [2.45, 2.75) is 13.0 Å². The molecule has 0 spiro atoms. The number of hydrogen-bond acceptors (Lipinski definition) is 6. The number of rotatable bonds is 7. The average molecular weight is 366 g/mol. The van der Waals surface area contributed by atoms with E-state index in [4.69, 9.17) is 16.3 Å². The number of hydrogen-bond donors (Lipinski definition) is 2. The van der Waals surface area contributed by atoms with E-state index in [0.29, 0.717) is 22.4 Å². The van der Waals surface area contributed by atoms with Gasteiger partial charge in [0.2, 0.25) is 0 Å². The number of carbonyl (C=O) groups is 2. The van der Waals surface area contributed by atoms with E-state index in [1.54, 1.807) is 35.7 Å². The predicted octanol–water partition coefficient (Wildman–Crippen LogP) is 3.58. The lowest BCUT2D eigenvalue weighted by Crippen LogP contribution is -2.30. The van der Waals surface area contributed by atoms with Gasteiger partial charge in [-0.05, 0) is 25.1 Å². The molecule has 0 aliphatic carbocycles. The quantitative estimate of drug-likeness (QED) is 0.579. The summed E-state index contributed by atoms with van der Waals surface area (Å²) in [6, 6.07) is 6.70. The molecule has 1 aromatic carbocycles. The zero-order chi connectivity index (χ0) is 17.5. The number of nitrogens with one attached hydrogen (secondary N) is 2. The molecule has 0 fully saturated rings. The highest BCUT2D eigenvalue weighted by atomic mass is 35.5. The van der Waals surface area contributed by atoms with Crippen LogP contribution in [0.15, 0.2) is 42.3 Å². The van der Waals surface area contributed by atoms with Gasteiger partial charge in [0.25, 0.3) is 5.91 Å². The van der Waals surface area contributed by atoms with E-state index in [-0.39, 0.29) is 5.69 Å². The molecule has 24 heavy (non-hydrogen) atoms. The van der Waals surface area contributed by atoms with Crippen LogP contribution in [0.5, 0.6) is 0 Å². The number of thiazole rings is 1. The summed E-state index contributed by atoms with van der Waals surface area (Å²) in [5.74, 6) is -1.11. The number of halogens is 1. The Morgan fingerprint density at radius 3 is 3.00 bits per heavy atom. The summed E-state index contributed by atoms with van der Waals surface area (Å²) in [5.41, 5.74) is 0.675. The average Bonchev–Trinajstić information content (AvgIpc) is 3.01. The Morgan fingerprint density at radius 1 is 1.50 bits per heavy atom. The number of nitrogens with zero attached hydrogens (tertiary/aromatic N) is 1. The lowest BCUT2D eigenvalue weighted by molar-refractivity contribution is -0.123. The Kier molecular flexibility index (Phi) is 6.34. The highest BCUT2D eigenvalue weighted by Crippen LogP contribution is 2.17. The van der Waals surface area contributed by atoms with Crippen LogP contribution in [-0.2, 0) is 9.53 Å². The molecule has 0 saturated carbocycles. The zero-order valence-electron chi connectivity index (χ0n) is 12.9. The minimum absolute atomic E-state index is 0.147. The van der Waals surface area contributed by atoms with Gasteiger partial charge in [0.05, 0.1) is 0 Å². The van der Waals surface area contributed by atoms with Crippen LogP contribution in [0.25, 0.3) is 0 Å². The first kappa shape index (κ1) is 18.0. The van der Waals surface area contributed by atoms with E-state index < -0.39 is 18.0 Å². The third-order valence-electron chi connectivity index (χ3n) is 2.86. The molecule has 1 atom stereocenters. The molecule has 6 nitrogen and oxygen atoms in total. The van der Waals surface area contributed by atoms with Crippen molar-refractivity contribution in [1.29, 1.82) is 0 Å². The smallest absolute Gasteiger partial charge is 0.358 e. The number of esters is 1. The van der Waals surface area contributed by atoms with Crippen LogP contribution in [0.3, 0.4) is 0 Å². The van der Waals surface area contributed by atoms with Crippen LogP contribution in [0, 0.1) is 0 Å². The topological polar surface area (TPSA) is 80.3 Å². The monoisotopic (exact) mass is 365 g/mol. The zero-order valence-corrected chi connectivity index (χ0v) is 14.5. The largest absolute Gasteiger partial charge is 0.448 e. The molecule has 126 valence electrons. The maximum absolute atomic E-state index is 12.1. The first-order chi connectivity index (χ1) is 11.5. The third-order valence-corrected chi connectivity index (χ3v) is 3.89. The van der Waals surface area contributed by atoms with Gasteiger partial charge in [0.15, 0.2) is 16.9 Å². The molecule has 1 aromatic heterocycles. The number of amides is 1. The molecule has 1 unspecified atom stereocenters. The lowest BCUT2D eigenvalue weighted by atomic mass is 10.3. The van der Waals surface area contributed by atoms with Gasteiger partial charge >= 0.3 is 5.97 Å². The highest BCUT2D eigenvalue weighted by molar-refractivity contribution is 7.13. The Labute approximate surface area is 148 Å². The van der Waals surface area contributed by atoms with Crippen molar-refractivity contribution in [2.75, 3.05) is 17.2 Å². The fourth-order valence-electron chi connectivity index (χ4n) is 1.69. The molecule has 0 aliphatic rings. The Morgan fingerprint density at radius 2 is 2.29 bits per heavy atom. The van der Waals surface area contributed by atoms with Gasteiger partial charge in [0, 0.05) is 22.6 Å². The molecule has 0 radical (unpaired) electrons. The molecule has 0 bridgehead atoms. The van der Waals surface area contributed by atoms with Crippen LogP contribution in [-0.4, -0.2) is 29.5 Å². The molecule has 1 heterocycles. The van der Waals surface area contributed by atoms with E-state index in [1.807, 2.05) is 0 Å². The van der Waals surface area contributed by atoms with Crippen molar-refractivity contribution < 1.29 is 14.3 Å². The fourth-order valence-corrected chi connectivity index (χ4v) is 2.57. The lowest BCUT2D eigenvalue weighted by Gasteiger charge is -2.12. The molecule has 8 heteroatoms. The van der Waals surface area contributed by atoms with Gasteiger partial charge in [-0.3, -0.25) is 4.79 Å². The summed E-state index contributed by atoms with van der Waals surface area (Å²) in [4.78, 5) is 28.2. The van der Waals surface area contributed by atoms with E-state index in [2.05, 4.69) is 22.2 Å². The normalized spacial score (nSPS) is 11.4.